The molecule has 0 unspecified atom stereocenters. The van der Waals surface area contributed by atoms with Crippen LogP contribution in [0, 0.1) is 6.92 Å². The van der Waals surface area contributed by atoms with E-state index in [0.717, 1.165) is 11.1 Å². The first-order valence-electron chi connectivity index (χ1n) is 6.84. The molecule has 0 saturated carbocycles. The molecule has 0 radical (unpaired) electrons. The number of aromatic amines is 1. The van der Waals surface area contributed by atoms with Crippen LogP contribution >= 0.6 is 0 Å². The van der Waals surface area contributed by atoms with Crippen LogP contribution < -0.4 is 16.2 Å². The first-order chi connectivity index (χ1) is 10.5. The molecule has 1 aromatic carbocycles. The Morgan fingerprint density at radius 3 is 2.41 bits per heavy atom. The molecule has 2 amide bonds. The molecule has 6 nitrogen and oxygen atoms in total. The highest BCUT2D eigenvalue weighted by Gasteiger charge is 2.07. The van der Waals surface area contributed by atoms with Gasteiger partial charge in [0.15, 0.2) is 0 Å². The van der Waals surface area contributed by atoms with Gasteiger partial charge in [0.2, 0.25) is 11.5 Å². The number of hydrogen-bond donors (Lipinski definition) is 3. The highest BCUT2D eigenvalue weighted by molar-refractivity contribution is 5.96. The minimum Gasteiger partial charge on any atom is -0.350 e. The molecular formula is C16H17N3O3. The minimum absolute atomic E-state index is 0.121. The van der Waals surface area contributed by atoms with Crippen molar-refractivity contribution in [2.24, 2.45) is 0 Å². The molecule has 0 aliphatic carbocycles. The maximum Gasteiger partial charge on any atom is 0.253 e. The van der Waals surface area contributed by atoms with E-state index in [1.807, 2.05) is 31.2 Å². The maximum absolute atomic E-state index is 11.8. The van der Waals surface area contributed by atoms with Crippen molar-refractivity contribution in [3.63, 3.8) is 0 Å². The molecule has 0 bridgehead atoms. The first-order valence-corrected chi connectivity index (χ1v) is 6.84. The number of carbonyl (C=O) groups excluding carboxylic acids is 2. The van der Waals surface area contributed by atoms with Crippen molar-refractivity contribution in [3.05, 3.63) is 69.6 Å². The second-order valence-electron chi connectivity index (χ2n) is 4.89. The van der Waals surface area contributed by atoms with Gasteiger partial charge >= 0.3 is 0 Å². The van der Waals surface area contributed by atoms with Gasteiger partial charge in [0.1, 0.15) is 0 Å². The summed E-state index contributed by atoms with van der Waals surface area (Å²) in [6, 6.07) is 10.5. The summed E-state index contributed by atoms with van der Waals surface area (Å²) in [6.07, 6.45) is 1.31. The zero-order valence-corrected chi connectivity index (χ0v) is 12.2. The Kier molecular flexibility index (Phi) is 5.08. The van der Waals surface area contributed by atoms with Crippen LogP contribution in [0.1, 0.15) is 21.5 Å². The van der Waals surface area contributed by atoms with Crippen LogP contribution in [0.2, 0.25) is 0 Å². The van der Waals surface area contributed by atoms with Gasteiger partial charge in [0, 0.05) is 18.8 Å². The average Bonchev–Trinajstić information content (AvgIpc) is 2.52. The molecule has 0 fully saturated rings. The van der Waals surface area contributed by atoms with Crippen LogP contribution in [0.3, 0.4) is 0 Å². The SMILES string of the molecule is Cc1ccc(CNC(=O)CNC(=O)c2ccc(=O)[nH]c2)cc1. The summed E-state index contributed by atoms with van der Waals surface area (Å²) < 4.78 is 0. The molecule has 0 atom stereocenters. The van der Waals surface area contributed by atoms with Gasteiger partial charge in [0.05, 0.1) is 12.1 Å². The van der Waals surface area contributed by atoms with E-state index in [1.165, 1.54) is 18.3 Å². The number of H-pyrrole nitrogens is 1. The third kappa shape index (κ3) is 4.59. The van der Waals surface area contributed by atoms with Gasteiger partial charge in [-0.05, 0) is 18.6 Å². The number of rotatable bonds is 5. The van der Waals surface area contributed by atoms with E-state index in [-0.39, 0.29) is 18.0 Å². The van der Waals surface area contributed by atoms with Crippen molar-refractivity contribution < 1.29 is 9.59 Å². The largest absolute Gasteiger partial charge is 0.350 e. The third-order valence-corrected chi connectivity index (χ3v) is 3.07. The topological polar surface area (TPSA) is 91.1 Å². The van der Waals surface area contributed by atoms with Crippen molar-refractivity contribution in [2.75, 3.05) is 6.54 Å². The van der Waals surface area contributed by atoms with Crippen LogP contribution in [0.5, 0.6) is 0 Å². The van der Waals surface area contributed by atoms with Gasteiger partial charge < -0.3 is 15.6 Å². The van der Waals surface area contributed by atoms with Crippen LogP contribution in [0.4, 0.5) is 0 Å². The predicted octanol–water partition coefficient (Wildman–Crippen LogP) is 0.730. The molecule has 0 spiro atoms. The Hall–Kier alpha value is -2.89. The van der Waals surface area contributed by atoms with Crippen molar-refractivity contribution in [3.8, 4) is 0 Å². The number of nitrogens with one attached hydrogen (secondary N) is 3. The number of aromatic nitrogens is 1. The molecule has 2 rings (SSSR count). The lowest BCUT2D eigenvalue weighted by molar-refractivity contribution is -0.120. The fourth-order valence-electron chi connectivity index (χ4n) is 1.78. The lowest BCUT2D eigenvalue weighted by atomic mass is 10.1. The van der Waals surface area contributed by atoms with Gasteiger partial charge in [-0.2, -0.15) is 0 Å². The van der Waals surface area contributed by atoms with Crippen LogP contribution in [-0.4, -0.2) is 23.3 Å². The van der Waals surface area contributed by atoms with Gasteiger partial charge in [-0.1, -0.05) is 29.8 Å². The van der Waals surface area contributed by atoms with E-state index in [9.17, 15) is 14.4 Å². The average molecular weight is 299 g/mol. The summed E-state index contributed by atoms with van der Waals surface area (Å²) in [4.78, 5) is 36.8. The molecule has 1 heterocycles. The van der Waals surface area contributed by atoms with Crippen molar-refractivity contribution in [2.45, 2.75) is 13.5 Å². The summed E-state index contributed by atoms with van der Waals surface area (Å²) >= 11 is 0. The van der Waals surface area contributed by atoms with E-state index in [4.69, 9.17) is 0 Å². The zero-order valence-electron chi connectivity index (χ0n) is 12.2. The van der Waals surface area contributed by atoms with Gasteiger partial charge in [-0.3, -0.25) is 14.4 Å². The van der Waals surface area contributed by atoms with E-state index in [1.54, 1.807) is 0 Å². The Balaban J connectivity index is 1.77. The monoisotopic (exact) mass is 299 g/mol. The zero-order chi connectivity index (χ0) is 15.9. The standard InChI is InChI=1S/C16H17N3O3/c1-11-2-4-12(5-3-11)8-17-15(21)10-19-16(22)13-6-7-14(20)18-9-13/h2-7,9H,8,10H2,1H3,(H,17,21)(H,18,20)(H,19,22). The number of aryl methyl sites for hydroxylation is 1. The fraction of sp³-hybridized carbons (Fsp3) is 0.188. The molecule has 0 saturated heterocycles. The lowest BCUT2D eigenvalue weighted by Gasteiger charge is -2.07. The van der Waals surface area contributed by atoms with E-state index in [0.29, 0.717) is 12.1 Å². The first kappa shape index (κ1) is 15.5. The molecule has 2 aromatic rings. The van der Waals surface area contributed by atoms with Crippen molar-refractivity contribution in [1.29, 1.82) is 0 Å². The summed E-state index contributed by atoms with van der Waals surface area (Å²) in [6.45, 7) is 2.28. The van der Waals surface area contributed by atoms with Crippen molar-refractivity contribution in [1.82, 2.24) is 15.6 Å². The van der Waals surface area contributed by atoms with E-state index in [2.05, 4.69) is 15.6 Å². The van der Waals surface area contributed by atoms with Gasteiger partial charge in [-0.15, -0.1) is 0 Å². The highest BCUT2D eigenvalue weighted by Crippen LogP contribution is 2.02. The molecule has 22 heavy (non-hydrogen) atoms. The molecule has 6 heteroatoms. The Bertz CT molecular complexity index is 700. The quantitative estimate of drug-likeness (QED) is 0.760. The minimum atomic E-state index is -0.415. The van der Waals surface area contributed by atoms with Crippen LogP contribution in [0.25, 0.3) is 0 Å². The Morgan fingerprint density at radius 1 is 1.05 bits per heavy atom. The smallest absolute Gasteiger partial charge is 0.253 e. The van der Waals surface area contributed by atoms with Crippen molar-refractivity contribution >= 4 is 11.8 Å². The number of benzene rings is 1. The van der Waals surface area contributed by atoms with Gasteiger partial charge in [-0.25, -0.2) is 0 Å². The Morgan fingerprint density at radius 2 is 1.77 bits per heavy atom. The number of hydrogen-bond acceptors (Lipinski definition) is 3. The number of pyridine rings is 1. The number of amides is 2. The summed E-state index contributed by atoms with van der Waals surface area (Å²) in [5.74, 6) is -0.694. The molecular weight excluding hydrogens is 282 g/mol. The molecule has 1 aromatic heterocycles. The molecule has 0 aliphatic heterocycles. The van der Waals surface area contributed by atoms with E-state index < -0.39 is 5.91 Å². The maximum atomic E-state index is 11.8. The molecule has 114 valence electrons. The van der Waals surface area contributed by atoms with Gasteiger partial charge in [0.25, 0.3) is 5.91 Å². The summed E-state index contributed by atoms with van der Waals surface area (Å²) in [5.41, 5.74) is 2.16. The normalized spacial score (nSPS) is 10.0. The summed E-state index contributed by atoms with van der Waals surface area (Å²) in [5, 5.41) is 5.21. The molecule has 0 aliphatic rings. The lowest BCUT2D eigenvalue weighted by Crippen LogP contribution is -2.36. The molecule has 3 N–H and O–H groups in total. The van der Waals surface area contributed by atoms with E-state index >= 15 is 0 Å². The summed E-state index contributed by atoms with van der Waals surface area (Å²) in [7, 11) is 0. The van der Waals surface area contributed by atoms with Crippen LogP contribution in [-0.2, 0) is 11.3 Å². The van der Waals surface area contributed by atoms with Crippen LogP contribution in [0.15, 0.2) is 47.4 Å². The third-order valence-electron chi connectivity index (χ3n) is 3.07. The highest BCUT2D eigenvalue weighted by atomic mass is 16.2. The Labute approximate surface area is 127 Å². The fourth-order valence-corrected chi connectivity index (χ4v) is 1.78. The predicted molar refractivity (Wildman–Crippen MR) is 82.4 cm³/mol. The number of carbonyl (C=O) groups is 2. The second-order valence-corrected chi connectivity index (χ2v) is 4.89. The second kappa shape index (κ2) is 7.21.